The molecule has 19 heavy (non-hydrogen) atoms. The van der Waals surface area contributed by atoms with Gasteiger partial charge in [0.15, 0.2) is 5.78 Å². The summed E-state index contributed by atoms with van der Waals surface area (Å²) in [4.78, 5) is 16.6. The number of anilines is 1. The van der Waals surface area contributed by atoms with Gasteiger partial charge in [-0.3, -0.25) is 4.79 Å². The summed E-state index contributed by atoms with van der Waals surface area (Å²) in [5.41, 5.74) is 7.90. The molecule has 1 aromatic heterocycles. The number of para-hydroxylation sites is 1. The lowest BCUT2D eigenvalue weighted by atomic mass is 10.1. The number of nitrogens with two attached hydrogens (primary N) is 1. The molecular weight excluding hydrogens is 256 g/mol. The van der Waals surface area contributed by atoms with Crippen LogP contribution in [0.4, 0.5) is 5.69 Å². The highest BCUT2D eigenvalue weighted by Crippen LogP contribution is 2.22. The molecule has 0 aliphatic rings. The number of rotatable bonds is 3. The van der Waals surface area contributed by atoms with E-state index in [0.29, 0.717) is 17.7 Å². The molecule has 0 saturated heterocycles. The Morgan fingerprint density at radius 1 is 1.11 bits per heavy atom. The van der Waals surface area contributed by atoms with Crippen molar-refractivity contribution in [3.8, 4) is 0 Å². The molecule has 0 unspecified atom stereocenters. The Kier molecular flexibility index (Phi) is 3.01. The van der Waals surface area contributed by atoms with E-state index in [-0.39, 0.29) is 5.78 Å². The number of Topliss-reactive ketones (excluding diaryl/α,β-unsaturated/α-hetero) is 1. The average Bonchev–Trinajstić information content (AvgIpc) is 2.81. The number of nitrogens with zero attached hydrogens (tertiary/aromatic N) is 1. The SMILES string of the molecule is Nc1ccc(C(=O)Cc2nc3ccccc3s2)cc1. The molecule has 3 nitrogen and oxygen atoms in total. The summed E-state index contributed by atoms with van der Waals surface area (Å²) in [7, 11) is 0. The Balaban J connectivity index is 1.84. The first-order chi connectivity index (χ1) is 9.22. The first-order valence-electron chi connectivity index (χ1n) is 5.95. The monoisotopic (exact) mass is 268 g/mol. The molecule has 2 N–H and O–H groups in total. The first-order valence-corrected chi connectivity index (χ1v) is 6.77. The number of carbonyl (C=O) groups is 1. The summed E-state index contributed by atoms with van der Waals surface area (Å²) in [6, 6.07) is 14.9. The van der Waals surface area contributed by atoms with Gasteiger partial charge in [0.25, 0.3) is 0 Å². The smallest absolute Gasteiger partial charge is 0.169 e. The van der Waals surface area contributed by atoms with E-state index in [9.17, 15) is 4.79 Å². The molecule has 94 valence electrons. The van der Waals surface area contributed by atoms with Crippen LogP contribution in [0, 0.1) is 0 Å². The van der Waals surface area contributed by atoms with Crippen molar-refractivity contribution in [1.82, 2.24) is 4.98 Å². The van der Waals surface area contributed by atoms with Crippen LogP contribution in [0.5, 0.6) is 0 Å². The molecule has 0 saturated carbocycles. The molecule has 3 aromatic rings. The molecule has 0 atom stereocenters. The van der Waals surface area contributed by atoms with E-state index < -0.39 is 0 Å². The van der Waals surface area contributed by atoms with E-state index in [4.69, 9.17) is 5.73 Å². The second kappa shape index (κ2) is 4.82. The van der Waals surface area contributed by atoms with Crippen LogP contribution in [0.1, 0.15) is 15.4 Å². The molecule has 0 radical (unpaired) electrons. The van der Waals surface area contributed by atoms with Crippen molar-refractivity contribution in [3.63, 3.8) is 0 Å². The number of ketones is 1. The Morgan fingerprint density at radius 3 is 2.58 bits per heavy atom. The van der Waals surface area contributed by atoms with Crippen molar-refractivity contribution in [3.05, 3.63) is 59.1 Å². The zero-order chi connectivity index (χ0) is 13.2. The maximum absolute atomic E-state index is 12.1. The van der Waals surface area contributed by atoms with E-state index in [1.807, 2.05) is 24.3 Å². The Bertz CT molecular complexity index is 698. The van der Waals surface area contributed by atoms with Crippen LogP contribution in [0.15, 0.2) is 48.5 Å². The van der Waals surface area contributed by atoms with Gasteiger partial charge in [-0.2, -0.15) is 0 Å². The Morgan fingerprint density at radius 2 is 1.84 bits per heavy atom. The number of fused-ring (bicyclic) bond motifs is 1. The minimum atomic E-state index is 0.0686. The average molecular weight is 268 g/mol. The normalized spacial score (nSPS) is 10.7. The number of benzene rings is 2. The largest absolute Gasteiger partial charge is 0.399 e. The number of hydrogen-bond donors (Lipinski definition) is 1. The fourth-order valence-corrected chi connectivity index (χ4v) is 2.87. The lowest BCUT2D eigenvalue weighted by Crippen LogP contribution is -2.03. The van der Waals surface area contributed by atoms with E-state index >= 15 is 0 Å². The van der Waals surface area contributed by atoms with Gasteiger partial charge in [0.2, 0.25) is 0 Å². The first kappa shape index (κ1) is 11.9. The zero-order valence-electron chi connectivity index (χ0n) is 10.2. The van der Waals surface area contributed by atoms with E-state index in [0.717, 1.165) is 15.2 Å². The number of carbonyl (C=O) groups excluding carboxylic acids is 1. The van der Waals surface area contributed by atoms with Crippen molar-refractivity contribution < 1.29 is 4.79 Å². The number of thiazole rings is 1. The third-order valence-electron chi connectivity index (χ3n) is 2.88. The van der Waals surface area contributed by atoms with Crippen molar-refractivity contribution in [1.29, 1.82) is 0 Å². The molecule has 0 bridgehead atoms. The van der Waals surface area contributed by atoms with Crippen molar-refractivity contribution in [2.45, 2.75) is 6.42 Å². The quantitative estimate of drug-likeness (QED) is 0.585. The van der Waals surface area contributed by atoms with Gasteiger partial charge >= 0.3 is 0 Å². The summed E-state index contributed by atoms with van der Waals surface area (Å²) in [5, 5.41) is 0.850. The molecule has 0 aliphatic carbocycles. The molecular formula is C15H12N2OS. The molecule has 0 spiro atoms. The van der Waals surface area contributed by atoms with E-state index in [1.54, 1.807) is 35.6 Å². The minimum Gasteiger partial charge on any atom is -0.399 e. The summed E-state index contributed by atoms with van der Waals surface area (Å²) in [6.07, 6.45) is 0.337. The molecule has 0 aliphatic heterocycles. The van der Waals surface area contributed by atoms with Crippen LogP contribution in [0.2, 0.25) is 0 Å². The third kappa shape index (κ3) is 2.48. The van der Waals surface area contributed by atoms with Gasteiger partial charge in [-0.1, -0.05) is 12.1 Å². The predicted molar refractivity (Wildman–Crippen MR) is 78.5 cm³/mol. The minimum absolute atomic E-state index is 0.0686. The second-order valence-corrected chi connectivity index (χ2v) is 5.41. The van der Waals surface area contributed by atoms with E-state index in [1.165, 1.54) is 0 Å². The highest BCUT2D eigenvalue weighted by atomic mass is 32.1. The van der Waals surface area contributed by atoms with Crippen LogP contribution < -0.4 is 5.73 Å². The summed E-state index contributed by atoms with van der Waals surface area (Å²) < 4.78 is 1.11. The molecule has 0 fully saturated rings. The summed E-state index contributed by atoms with van der Waals surface area (Å²) in [6.45, 7) is 0. The lowest BCUT2D eigenvalue weighted by Gasteiger charge is -1.99. The topological polar surface area (TPSA) is 56.0 Å². The van der Waals surface area contributed by atoms with Crippen molar-refractivity contribution >= 4 is 33.0 Å². The molecule has 1 heterocycles. The summed E-state index contributed by atoms with van der Waals surface area (Å²) >= 11 is 1.57. The van der Waals surface area contributed by atoms with Crippen LogP contribution in [0.3, 0.4) is 0 Å². The van der Waals surface area contributed by atoms with Crippen LogP contribution in [-0.2, 0) is 6.42 Å². The van der Waals surface area contributed by atoms with Gasteiger partial charge < -0.3 is 5.73 Å². The highest BCUT2D eigenvalue weighted by Gasteiger charge is 2.10. The van der Waals surface area contributed by atoms with Crippen molar-refractivity contribution in [2.24, 2.45) is 0 Å². The predicted octanol–water partition coefficient (Wildman–Crippen LogP) is 3.30. The number of nitrogen functional groups attached to an aromatic ring is 1. The maximum Gasteiger partial charge on any atom is 0.169 e. The number of aromatic nitrogens is 1. The maximum atomic E-state index is 12.1. The van der Waals surface area contributed by atoms with Crippen molar-refractivity contribution in [2.75, 3.05) is 5.73 Å². The lowest BCUT2D eigenvalue weighted by molar-refractivity contribution is 0.0993. The molecule has 2 aromatic carbocycles. The third-order valence-corrected chi connectivity index (χ3v) is 3.92. The van der Waals surface area contributed by atoms with Crippen LogP contribution >= 0.6 is 11.3 Å². The van der Waals surface area contributed by atoms with Gasteiger partial charge in [-0.15, -0.1) is 11.3 Å². The highest BCUT2D eigenvalue weighted by molar-refractivity contribution is 7.18. The van der Waals surface area contributed by atoms with Crippen LogP contribution in [-0.4, -0.2) is 10.8 Å². The Labute approximate surface area is 114 Å². The molecule has 0 amide bonds. The Hall–Kier alpha value is -2.20. The molecule has 3 rings (SSSR count). The fraction of sp³-hybridized carbons (Fsp3) is 0.0667. The second-order valence-electron chi connectivity index (χ2n) is 4.30. The summed E-state index contributed by atoms with van der Waals surface area (Å²) in [5.74, 6) is 0.0686. The fourth-order valence-electron chi connectivity index (χ4n) is 1.90. The van der Waals surface area contributed by atoms with E-state index in [2.05, 4.69) is 4.98 Å². The number of hydrogen-bond acceptors (Lipinski definition) is 4. The van der Waals surface area contributed by atoms with Crippen LogP contribution in [0.25, 0.3) is 10.2 Å². The van der Waals surface area contributed by atoms with Gasteiger partial charge in [0, 0.05) is 11.3 Å². The molecule has 4 heteroatoms. The standard InChI is InChI=1S/C15H12N2OS/c16-11-7-5-10(6-8-11)13(18)9-15-17-12-3-1-2-4-14(12)19-15/h1-8H,9,16H2. The van der Waals surface area contributed by atoms with Gasteiger partial charge in [-0.25, -0.2) is 4.98 Å². The van der Waals surface area contributed by atoms with Gasteiger partial charge in [-0.05, 0) is 36.4 Å². The zero-order valence-corrected chi connectivity index (χ0v) is 11.0. The van der Waals surface area contributed by atoms with Gasteiger partial charge in [0.05, 0.1) is 16.6 Å². The van der Waals surface area contributed by atoms with Gasteiger partial charge in [0.1, 0.15) is 5.01 Å².